The third-order valence-corrected chi connectivity index (χ3v) is 6.72. The van der Waals surface area contributed by atoms with Gasteiger partial charge in [0.1, 0.15) is 5.75 Å². The molecule has 2 aromatic carbocycles. The average Bonchev–Trinajstić information content (AvgIpc) is 2.74. The molecule has 0 aliphatic heterocycles. The van der Waals surface area contributed by atoms with Crippen molar-refractivity contribution in [1.29, 1.82) is 0 Å². The number of hydrogen-bond acceptors (Lipinski definition) is 6. The largest absolute Gasteiger partial charge is 0.494 e. The van der Waals surface area contributed by atoms with E-state index in [-0.39, 0.29) is 4.90 Å². The maximum absolute atomic E-state index is 12.8. The van der Waals surface area contributed by atoms with Crippen molar-refractivity contribution in [3.05, 3.63) is 53.6 Å². The molecule has 0 saturated carbocycles. The zero-order valence-corrected chi connectivity index (χ0v) is 19.0. The number of benzene rings is 2. The smallest absolute Gasteiger partial charge is 0.338 e. The summed E-state index contributed by atoms with van der Waals surface area (Å²) in [5, 5.41) is 2.57. The monoisotopic (exact) mass is 448 g/mol. The van der Waals surface area contributed by atoms with Crippen LogP contribution in [0.2, 0.25) is 0 Å². The van der Waals surface area contributed by atoms with Crippen molar-refractivity contribution >= 4 is 27.6 Å². The van der Waals surface area contributed by atoms with Gasteiger partial charge in [0.15, 0.2) is 6.61 Å². The maximum atomic E-state index is 12.8. The molecule has 9 heteroatoms. The first-order valence-electron chi connectivity index (χ1n) is 10.0. The van der Waals surface area contributed by atoms with Crippen LogP contribution in [0.3, 0.4) is 0 Å². The fourth-order valence-corrected chi connectivity index (χ4v) is 4.63. The van der Waals surface area contributed by atoms with Gasteiger partial charge < -0.3 is 14.8 Å². The molecule has 0 spiro atoms. The topological polar surface area (TPSA) is 102 Å². The van der Waals surface area contributed by atoms with Crippen LogP contribution >= 0.6 is 0 Å². The Bertz CT molecular complexity index is 1010. The maximum Gasteiger partial charge on any atom is 0.338 e. The van der Waals surface area contributed by atoms with E-state index in [1.54, 1.807) is 57.2 Å². The zero-order chi connectivity index (χ0) is 23.0. The second-order valence-electron chi connectivity index (χ2n) is 6.65. The van der Waals surface area contributed by atoms with Crippen molar-refractivity contribution in [1.82, 2.24) is 4.31 Å². The van der Waals surface area contributed by atoms with Crippen LogP contribution in [-0.2, 0) is 19.6 Å². The Labute approximate surface area is 183 Å². The second-order valence-corrected chi connectivity index (χ2v) is 8.56. The fourth-order valence-electron chi connectivity index (χ4n) is 2.92. The number of hydrogen-bond donors (Lipinski definition) is 1. The summed E-state index contributed by atoms with van der Waals surface area (Å²) in [7, 11) is -3.67. The summed E-state index contributed by atoms with van der Waals surface area (Å²) in [5.41, 5.74) is 1.17. The minimum absolute atomic E-state index is 0.125. The fraction of sp³-hybridized carbons (Fsp3) is 0.364. The lowest BCUT2D eigenvalue weighted by atomic mass is 10.2. The van der Waals surface area contributed by atoms with Gasteiger partial charge in [0.2, 0.25) is 10.0 Å². The molecule has 168 valence electrons. The number of amides is 1. The van der Waals surface area contributed by atoms with Crippen molar-refractivity contribution < 1.29 is 27.5 Å². The van der Waals surface area contributed by atoms with Gasteiger partial charge in [0.25, 0.3) is 5.91 Å². The van der Waals surface area contributed by atoms with Gasteiger partial charge in [0.05, 0.1) is 17.1 Å². The number of esters is 1. The summed E-state index contributed by atoms with van der Waals surface area (Å²) in [6.07, 6.45) is 0. The predicted octanol–water partition coefficient (Wildman–Crippen LogP) is 3.22. The number of carbonyl (C=O) groups excluding carboxylic acids is 2. The van der Waals surface area contributed by atoms with Gasteiger partial charge in [-0.1, -0.05) is 19.9 Å². The molecule has 2 aromatic rings. The number of sulfonamides is 1. The van der Waals surface area contributed by atoms with E-state index < -0.39 is 28.5 Å². The highest BCUT2D eigenvalue weighted by Gasteiger charge is 2.24. The van der Waals surface area contributed by atoms with Crippen LogP contribution in [0.4, 0.5) is 5.69 Å². The molecule has 1 amide bonds. The molecule has 0 saturated heterocycles. The summed E-state index contributed by atoms with van der Waals surface area (Å²) in [4.78, 5) is 24.5. The van der Waals surface area contributed by atoms with E-state index in [0.717, 1.165) is 0 Å². The van der Waals surface area contributed by atoms with E-state index in [4.69, 9.17) is 9.47 Å². The lowest BCUT2D eigenvalue weighted by Crippen LogP contribution is -2.31. The molecule has 0 aliphatic carbocycles. The Kier molecular flexibility index (Phi) is 8.58. The normalized spacial score (nSPS) is 11.3. The minimum Gasteiger partial charge on any atom is -0.494 e. The van der Waals surface area contributed by atoms with Crippen LogP contribution < -0.4 is 10.1 Å². The molecular weight excluding hydrogens is 420 g/mol. The standard InChI is InChI=1S/C22H28N2O6S/c1-5-24(6-2)31(27,28)20-14-18(11-8-16(20)4)23-21(25)15-30-22(26)17-9-12-19(13-10-17)29-7-3/h8-14H,5-7,15H2,1-4H3,(H,23,25). The third kappa shape index (κ3) is 6.28. The van der Waals surface area contributed by atoms with Gasteiger partial charge in [-0.15, -0.1) is 0 Å². The number of nitrogens with zero attached hydrogens (tertiary/aromatic N) is 1. The van der Waals surface area contributed by atoms with Gasteiger partial charge in [-0.3, -0.25) is 4.79 Å². The van der Waals surface area contributed by atoms with Gasteiger partial charge in [0, 0.05) is 18.8 Å². The molecule has 0 heterocycles. The first-order chi connectivity index (χ1) is 14.7. The summed E-state index contributed by atoms with van der Waals surface area (Å²) in [6.45, 7) is 7.78. The Morgan fingerprint density at radius 2 is 1.65 bits per heavy atom. The van der Waals surface area contributed by atoms with E-state index in [1.165, 1.54) is 10.4 Å². The summed E-state index contributed by atoms with van der Waals surface area (Å²) in [6, 6.07) is 11.0. The van der Waals surface area contributed by atoms with Gasteiger partial charge in [-0.2, -0.15) is 4.31 Å². The molecule has 2 rings (SSSR count). The van der Waals surface area contributed by atoms with E-state index >= 15 is 0 Å². The van der Waals surface area contributed by atoms with Crippen molar-refractivity contribution in [2.75, 3.05) is 31.6 Å². The predicted molar refractivity (Wildman–Crippen MR) is 118 cm³/mol. The number of carbonyl (C=O) groups is 2. The van der Waals surface area contributed by atoms with Crippen molar-refractivity contribution in [2.24, 2.45) is 0 Å². The van der Waals surface area contributed by atoms with Crippen LogP contribution in [-0.4, -0.2) is 50.9 Å². The van der Waals surface area contributed by atoms with Crippen LogP contribution in [0.15, 0.2) is 47.4 Å². The third-order valence-electron chi connectivity index (χ3n) is 4.53. The summed E-state index contributed by atoms with van der Waals surface area (Å²) >= 11 is 0. The molecule has 0 radical (unpaired) electrons. The minimum atomic E-state index is -3.67. The first-order valence-corrected chi connectivity index (χ1v) is 11.5. The zero-order valence-electron chi connectivity index (χ0n) is 18.2. The van der Waals surface area contributed by atoms with Crippen LogP contribution in [0.1, 0.15) is 36.7 Å². The SMILES string of the molecule is CCOc1ccc(C(=O)OCC(=O)Nc2ccc(C)c(S(=O)(=O)N(CC)CC)c2)cc1. The highest BCUT2D eigenvalue weighted by atomic mass is 32.2. The highest BCUT2D eigenvalue weighted by molar-refractivity contribution is 7.89. The molecule has 0 aliphatic rings. The van der Waals surface area contributed by atoms with Crippen LogP contribution in [0.25, 0.3) is 0 Å². The van der Waals surface area contributed by atoms with Crippen molar-refractivity contribution in [3.63, 3.8) is 0 Å². The molecule has 0 aromatic heterocycles. The van der Waals surface area contributed by atoms with Crippen molar-refractivity contribution in [3.8, 4) is 5.75 Å². The molecular formula is C22H28N2O6S. The van der Waals surface area contributed by atoms with Gasteiger partial charge in [-0.05, 0) is 55.8 Å². The Morgan fingerprint density at radius 3 is 2.23 bits per heavy atom. The Hall–Kier alpha value is -2.91. The Morgan fingerprint density at radius 1 is 1.00 bits per heavy atom. The summed E-state index contributed by atoms with van der Waals surface area (Å²) < 4.78 is 37.3. The number of aryl methyl sites for hydroxylation is 1. The molecule has 8 nitrogen and oxygen atoms in total. The molecule has 0 fully saturated rings. The molecule has 0 unspecified atom stereocenters. The van der Waals surface area contributed by atoms with E-state index in [9.17, 15) is 18.0 Å². The van der Waals surface area contributed by atoms with Crippen molar-refractivity contribution in [2.45, 2.75) is 32.6 Å². The van der Waals surface area contributed by atoms with Gasteiger partial charge >= 0.3 is 5.97 Å². The first kappa shape index (κ1) is 24.4. The number of ether oxygens (including phenoxy) is 2. The van der Waals surface area contributed by atoms with Crippen LogP contribution in [0.5, 0.6) is 5.75 Å². The average molecular weight is 449 g/mol. The molecule has 0 bridgehead atoms. The number of nitrogens with one attached hydrogen (secondary N) is 1. The number of anilines is 1. The molecule has 1 N–H and O–H groups in total. The molecule has 31 heavy (non-hydrogen) atoms. The highest BCUT2D eigenvalue weighted by Crippen LogP contribution is 2.23. The quantitative estimate of drug-likeness (QED) is 0.560. The second kappa shape index (κ2) is 10.9. The van der Waals surface area contributed by atoms with Crippen LogP contribution in [0, 0.1) is 6.92 Å². The van der Waals surface area contributed by atoms with E-state index in [0.29, 0.717) is 42.3 Å². The molecule has 0 atom stereocenters. The van der Waals surface area contributed by atoms with Gasteiger partial charge in [-0.25, -0.2) is 13.2 Å². The Balaban J connectivity index is 2.03. The van der Waals surface area contributed by atoms with E-state index in [1.807, 2.05) is 6.92 Å². The lowest BCUT2D eigenvalue weighted by molar-refractivity contribution is -0.119. The summed E-state index contributed by atoms with van der Waals surface area (Å²) in [5.74, 6) is -0.590. The lowest BCUT2D eigenvalue weighted by Gasteiger charge is -2.20. The number of rotatable bonds is 10. The van der Waals surface area contributed by atoms with E-state index in [2.05, 4.69) is 5.32 Å².